The number of carbonyl (C=O) groups excluding carboxylic acids is 1. The zero-order chi connectivity index (χ0) is 20.9. The van der Waals surface area contributed by atoms with Gasteiger partial charge in [-0.25, -0.2) is 19.9 Å². The van der Waals surface area contributed by atoms with Crippen LogP contribution in [0.25, 0.3) is 11.0 Å². The molecule has 4 aromatic rings. The molecule has 30 heavy (non-hydrogen) atoms. The Morgan fingerprint density at radius 3 is 2.77 bits per heavy atom. The number of hydrogen-bond donors (Lipinski definition) is 3. The van der Waals surface area contributed by atoms with Gasteiger partial charge in [0.15, 0.2) is 5.69 Å². The lowest BCUT2D eigenvalue weighted by Gasteiger charge is -2.03. The van der Waals surface area contributed by atoms with E-state index in [-0.39, 0.29) is 18.1 Å². The summed E-state index contributed by atoms with van der Waals surface area (Å²) in [4.78, 5) is 32.9. The molecule has 4 rings (SSSR count). The van der Waals surface area contributed by atoms with E-state index >= 15 is 0 Å². The molecule has 0 saturated heterocycles. The average molecular weight is 442 g/mol. The predicted molar refractivity (Wildman–Crippen MR) is 117 cm³/mol. The van der Waals surface area contributed by atoms with Crippen LogP contribution >= 0.6 is 22.9 Å². The molecular weight excluding hydrogens is 422 g/mol. The van der Waals surface area contributed by atoms with Crippen LogP contribution in [0.15, 0.2) is 36.7 Å². The lowest BCUT2D eigenvalue weighted by atomic mass is 10.3. The maximum absolute atomic E-state index is 12.4. The van der Waals surface area contributed by atoms with E-state index in [1.54, 1.807) is 12.4 Å². The quantitative estimate of drug-likeness (QED) is 0.363. The number of halogens is 1. The number of rotatable bonds is 8. The summed E-state index contributed by atoms with van der Waals surface area (Å²) in [6.07, 6.45) is 4.08. The molecule has 0 fully saturated rings. The summed E-state index contributed by atoms with van der Waals surface area (Å²) in [5.41, 5.74) is 3.17. The lowest BCUT2D eigenvalue weighted by Crippen LogP contribution is -2.24. The van der Waals surface area contributed by atoms with E-state index in [1.165, 1.54) is 11.3 Å². The summed E-state index contributed by atoms with van der Waals surface area (Å²) in [5, 5.41) is 6.89. The SMILES string of the molecule is Cc1cnc(CNC(=O)c2nc(CCNCc3nc4ccccc4[nH]3)sc2Cl)nc1. The second-order valence-corrected chi connectivity index (χ2v) is 8.40. The molecule has 1 amide bonds. The van der Waals surface area contributed by atoms with Crippen molar-refractivity contribution in [2.75, 3.05) is 6.54 Å². The van der Waals surface area contributed by atoms with Gasteiger partial charge in [-0.2, -0.15) is 0 Å². The standard InChI is InChI=1S/C20H20ClN7OS/c1-12-8-23-15(24-9-12)11-25-20(29)18-19(21)30-17(28-18)6-7-22-10-16-26-13-4-2-3-5-14(13)27-16/h2-5,8-9,22H,6-7,10-11H2,1H3,(H,25,29)(H,26,27). The fourth-order valence-electron chi connectivity index (χ4n) is 2.84. The van der Waals surface area contributed by atoms with Crippen molar-refractivity contribution in [1.29, 1.82) is 0 Å². The van der Waals surface area contributed by atoms with Crippen LogP contribution in [0.2, 0.25) is 4.34 Å². The van der Waals surface area contributed by atoms with Gasteiger partial charge in [0.25, 0.3) is 5.91 Å². The van der Waals surface area contributed by atoms with E-state index in [9.17, 15) is 4.79 Å². The van der Waals surface area contributed by atoms with Crippen LogP contribution in [0.3, 0.4) is 0 Å². The highest BCUT2D eigenvalue weighted by molar-refractivity contribution is 7.16. The zero-order valence-electron chi connectivity index (χ0n) is 16.3. The summed E-state index contributed by atoms with van der Waals surface area (Å²) in [7, 11) is 0. The molecule has 0 unspecified atom stereocenters. The Morgan fingerprint density at radius 1 is 1.17 bits per heavy atom. The van der Waals surface area contributed by atoms with Crippen molar-refractivity contribution in [3.8, 4) is 0 Å². The van der Waals surface area contributed by atoms with Crippen LogP contribution in [-0.2, 0) is 19.5 Å². The van der Waals surface area contributed by atoms with Crippen molar-refractivity contribution in [2.24, 2.45) is 0 Å². The first kappa shape index (κ1) is 20.4. The van der Waals surface area contributed by atoms with E-state index in [0.29, 0.717) is 29.7 Å². The number of fused-ring (bicyclic) bond motifs is 1. The molecular formula is C20H20ClN7OS. The first-order valence-corrected chi connectivity index (χ1v) is 10.6. The number of para-hydroxylation sites is 2. The van der Waals surface area contributed by atoms with Crippen molar-refractivity contribution in [3.63, 3.8) is 0 Å². The van der Waals surface area contributed by atoms with Crippen molar-refractivity contribution >= 4 is 39.9 Å². The van der Waals surface area contributed by atoms with Gasteiger partial charge in [-0.3, -0.25) is 4.79 Å². The van der Waals surface area contributed by atoms with E-state index in [4.69, 9.17) is 11.6 Å². The largest absolute Gasteiger partial charge is 0.343 e. The Bertz CT molecular complexity index is 1120. The van der Waals surface area contributed by atoms with Gasteiger partial charge in [0, 0.05) is 25.4 Å². The number of hydrogen-bond acceptors (Lipinski definition) is 7. The monoisotopic (exact) mass is 441 g/mol. The molecule has 0 saturated carbocycles. The summed E-state index contributed by atoms with van der Waals surface area (Å²) in [6.45, 7) is 3.45. The van der Waals surface area contributed by atoms with Crippen LogP contribution in [0.5, 0.6) is 0 Å². The highest BCUT2D eigenvalue weighted by Crippen LogP contribution is 2.24. The zero-order valence-corrected chi connectivity index (χ0v) is 17.8. The van der Waals surface area contributed by atoms with Crippen LogP contribution in [-0.4, -0.2) is 37.4 Å². The minimum Gasteiger partial charge on any atom is -0.343 e. The topological polar surface area (TPSA) is 108 Å². The van der Waals surface area contributed by atoms with Crippen molar-refractivity contribution in [1.82, 2.24) is 35.6 Å². The maximum atomic E-state index is 12.4. The highest BCUT2D eigenvalue weighted by atomic mass is 35.5. The number of carbonyl (C=O) groups is 1. The molecule has 154 valence electrons. The number of nitrogens with zero attached hydrogens (tertiary/aromatic N) is 4. The number of nitrogens with one attached hydrogen (secondary N) is 3. The number of benzene rings is 1. The number of aromatic nitrogens is 5. The van der Waals surface area contributed by atoms with Gasteiger partial charge in [0.2, 0.25) is 0 Å². The van der Waals surface area contributed by atoms with Gasteiger partial charge >= 0.3 is 0 Å². The van der Waals surface area contributed by atoms with Gasteiger partial charge in [-0.05, 0) is 24.6 Å². The minimum absolute atomic E-state index is 0.224. The smallest absolute Gasteiger partial charge is 0.272 e. The van der Waals surface area contributed by atoms with E-state index < -0.39 is 0 Å². The van der Waals surface area contributed by atoms with E-state index in [2.05, 4.69) is 35.6 Å². The molecule has 0 radical (unpaired) electrons. The summed E-state index contributed by atoms with van der Waals surface area (Å²) in [6, 6.07) is 7.92. The third-order valence-corrected chi connectivity index (χ3v) is 5.65. The van der Waals surface area contributed by atoms with Gasteiger partial charge in [-0.15, -0.1) is 11.3 Å². The van der Waals surface area contributed by atoms with E-state index in [1.807, 2.05) is 31.2 Å². The van der Waals surface area contributed by atoms with Crippen LogP contribution in [0.4, 0.5) is 0 Å². The Labute approximate surface area is 182 Å². The second-order valence-electron chi connectivity index (χ2n) is 6.72. The number of aromatic amines is 1. The molecule has 10 heteroatoms. The third kappa shape index (κ3) is 4.99. The van der Waals surface area contributed by atoms with Gasteiger partial charge in [-0.1, -0.05) is 23.7 Å². The Balaban J connectivity index is 1.26. The van der Waals surface area contributed by atoms with Crippen LogP contribution in [0.1, 0.15) is 32.7 Å². The van der Waals surface area contributed by atoms with Gasteiger partial charge < -0.3 is 15.6 Å². The van der Waals surface area contributed by atoms with Crippen LogP contribution < -0.4 is 10.6 Å². The summed E-state index contributed by atoms with van der Waals surface area (Å²) < 4.78 is 0.379. The fourth-order valence-corrected chi connectivity index (χ4v) is 4.01. The molecule has 0 spiro atoms. The number of H-pyrrole nitrogens is 1. The third-order valence-electron chi connectivity index (χ3n) is 4.33. The predicted octanol–water partition coefficient (Wildman–Crippen LogP) is 3.03. The fraction of sp³-hybridized carbons (Fsp3) is 0.250. The van der Waals surface area contributed by atoms with Crippen LogP contribution in [0, 0.1) is 6.92 Å². The highest BCUT2D eigenvalue weighted by Gasteiger charge is 2.17. The van der Waals surface area contributed by atoms with Gasteiger partial charge in [0.05, 0.1) is 29.1 Å². The van der Waals surface area contributed by atoms with Crippen molar-refractivity contribution < 1.29 is 4.79 Å². The molecule has 0 atom stereocenters. The van der Waals surface area contributed by atoms with Crippen molar-refractivity contribution in [3.05, 3.63) is 68.9 Å². The summed E-state index contributed by atoms with van der Waals surface area (Å²) >= 11 is 7.54. The number of amides is 1. The molecule has 3 N–H and O–H groups in total. The maximum Gasteiger partial charge on any atom is 0.272 e. The molecule has 8 nitrogen and oxygen atoms in total. The van der Waals surface area contributed by atoms with E-state index in [0.717, 1.165) is 27.4 Å². The number of imidazole rings is 1. The Kier molecular flexibility index (Phi) is 6.32. The molecule has 1 aromatic carbocycles. The normalized spacial score (nSPS) is 11.1. The second kappa shape index (κ2) is 9.29. The number of aryl methyl sites for hydroxylation is 1. The lowest BCUT2D eigenvalue weighted by molar-refractivity contribution is 0.0945. The molecule has 3 aromatic heterocycles. The molecule has 0 bridgehead atoms. The Morgan fingerprint density at radius 2 is 1.97 bits per heavy atom. The molecule has 0 aliphatic heterocycles. The average Bonchev–Trinajstić information content (AvgIpc) is 3.33. The summed E-state index contributed by atoms with van der Waals surface area (Å²) in [5.74, 6) is 1.09. The molecule has 0 aliphatic rings. The number of thiazole rings is 1. The van der Waals surface area contributed by atoms with Gasteiger partial charge in [0.1, 0.15) is 16.0 Å². The minimum atomic E-state index is -0.332. The van der Waals surface area contributed by atoms with Crippen molar-refractivity contribution in [2.45, 2.75) is 26.4 Å². The first-order chi connectivity index (χ1) is 14.6. The molecule has 0 aliphatic carbocycles. The Hall–Kier alpha value is -2.88. The first-order valence-electron chi connectivity index (χ1n) is 9.44. The molecule has 3 heterocycles.